The molecule has 25 heavy (non-hydrogen) atoms. The van der Waals surface area contributed by atoms with Crippen LogP contribution >= 0.6 is 0 Å². The molecule has 1 aromatic heterocycles. The molecule has 7 nitrogen and oxygen atoms in total. The molecule has 2 amide bonds. The summed E-state index contributed by atoms with van der Waals surface area (Å²) in [6.45, 7) is 2.82. The molecule has 1 aromatic carbocycles. The summed E-state index contributed by atoms with van der Waals surface area (Å²) in [5.74, 6) is -1.26. The van der Waals surface area contributed by atoms with E-state index >= 15 is 0 Å². The minimum Gasteiger partial charge on any atom is -0.468 e. The standard InChI is InChI=1S/C18H20N4O3/c1-18-11-13(12-5-2-3-6-14(12)25-18)15(16(19)23)17(24)22(18)10-9-21-8-4-7-20-21/h2-8,13,15H,9-11H2,1H3,(H2,19,23)/t13-,15+,18-/m0/s1. The van der Waals surface area contributed by atoms with E-state index in [1.165, 1.54) is 0 Å². The molecule has 1 fully saturated rings. The third kappa shape index (κ3) is 2.47. The van der Waals surface area contributed by atoms with Gasteiger partial charge < -0.3 is 15.4 Å². The Morgan fingerprint density at radius 2 is 2.16 bits per heavy atom. The Balaban J connectivity index is 1.71. The predicted molar refractivity (Wildman–Crippen MR) is 89.5 cm³/mol. The largest absolute Gasteiger partial charge is 0.468 e. The van der Waals surface area contributed by atoms with E-state index in [-0.39, 0.29) is 11.8 Å². The SMILES string of the molecule is C[C@@]12C[C@@H](c3ccccc3O1)[C@H](C(N)=O)C(=O)N2CCn1cccn1. The fraction of sp³-hybridized carbons (Fsp3) is 0.389. The fourth-order valence-electron chi connectivity index (χ4n) is 4.01. The van der Waals surface area contributed by atoms with Crippen molar-refractivity contribution < 1.29 is 14.3 Å². The van der Waals surface area contributed by atoms with E-state index in [0.29, 0.717) is 25.3 Å². The zero-order valence-electron chi connectivity index (χ0n) is 14.0. The van der Waals surface area contributed by atoms with Gasteiger partial charge in [-0.1, -0.05) is 18.2 Å². The highest BCUT2D eigenvalue weighted by Crippen LogP contribution is 2.49. The maximum absolute atomic E-state index is 13.1. The highest BCUT2D eigenvalue weighted by Gasteiger charge is 2.55. The molecule has 3 atom stereocenters. The lowest BCUT2D eigenvalue weighted by Gasteiger charge is -2.52. The van der Waals surface area contributed by atoms with E-state index in [9.17, 15) is 9.59 Å². The van der Waals surface area contributed by atoms with Crippen LogP contribution in [0.2, 0.25) is 0 Å². The van der Waals surface area contributed by atoms with Gasteiger partial charge in [-0.25, -0.2) is 0 Å². The number of carbonyl (C=O) groups is 2. The number of benzene rings is 1. The Morgan fingerprint density at radius 1 is 1.36 bits per heavy atom. The van der Waals surface area contributed by atoms with Crippen molar-refractivity contribution in [2.75, 3.05) is 6.54 Å². The van der Waals surface area contributed by atoms with Crippen LogP contribution in [0.5, 0.6) is 5.75 Å². The lowest BCUT2D eigenvalue weighted by Crippen LogP contribution is -2.65. The number of nitrogens with two attached hydrogens (primary N) is 1. The van der Waals surface area contributed by atoms with Crippen molar-refractivity contribution in [3.05, 3.63) is 48.3 Å². The molecule has 4 rings (SSSR count). The van der Waals surface area contributed by atoms with E-state index in [1.54, 1.807) is 15.8 Å². The smallest absolute Gasteiger partial charge is 0.238 e. The number of hydrogen-bond acceptors (Lipinski definition) is 4. The predicted octanol–water partition coefficient (Wildman–Crippen LogP) is 1.11. The molecule has 0 spiro atoms. The highest BCUT2D eigenvalue weighted by molar-refractivity contribution is 6.01. The summed E-state index contributed by atoms with van der Waals surface area (Å²) in [6, 6.07) is 9.38. The monoisotopic (exact) mass is 340 g/mol. The third-order valence-corrected chi connectivity index (χ3v) is 5.17. The van der Waals surface area contributed by atoms with Crippen molar-refractivity contribution in [2.24, 2.45) is 11.7 Å². The van der Waals surface area contributed by atoms with Gasteiger partial charge in [0.2, 0.25) is 11.8 Å². The Hall–Kier alpha value is -2.83. The molecule has 2 aromatic rings. The topological polar surface area (TPSA) is 90.5 Å². The lowest BCUT2D eigenvalue weighted by atomic mass is 9.73. The average Bonchev–Trinajstić information content (AvgIpc) is 3.07. The first-order chi connectivity index (χ1) is 12.0. The highest BCUT2D eigenvalue weighted by atomic mass is 16.5. The van der Waals surface area contributed by atoms with Crippen LogP contribution in [0.25, 0.3) is 0 Å². The van der Waals surface area contributed by atoms with Gasteiger partial charge in [-0.15, -0.1) is 0 Å². The van der Waals surface area contributed by atoms with E-state index in [4.69, 9.17) is 10.5 Å². The zero-order valence-corrected chi connectivity index (χ0v) is 14.0. The number of ether oxygens (including phenoxy) is 1. The van der Waals surface area contributed by atoms with E-state index in [1.807, 2.05) is 43.5 Å². The van der Waals surface area contributed by atoms with Gasteiger partial charge in [0, 0.05) is 31.3 Å². The summed E-state index contributed by atoms with van der Waals surface area (Å²) in [5.41, 5.74) is 5.68. The Bertz CT molecular complexity index is 819. The second-order valence-corrected chi connectivity index (χ2v) is 6.76. The van der Waals surface area contributed by atoms with Gasteiger partial charge in [-0.2, -0.15) is 5.10 Å². The van der Waals surface area contributed by atoms with Gasteiger partial charge in [-0.05, 0) is 24.6 Å². The number of aromatic nitrogens is 2. The van der Waals surface area contributed by atoms with Crippen LogP contribution in [-0.4, -0.2) is 38.8 Å². The quantitative estimate of drug-likeness (QED) is 0.844. The van der Waals surface area contributed by atoms with Crippen molar-refractivity contribution in [2.45, 2.75) is 31.5 Å². The summed E-state index contributed by atoms with van der Waals surface area (Å²) >= 11 is 0. The zero-order chi connectivity index (χ0) is 17.6. The van der Waals surface area contributed by atoms with Crippen LogP contribution in [-0.2, 0) is 16.1 Å². The van der Waals surface area contributed by atoms with Gasteiger partial charge >= 0.3 is 0 Å². The second-order valence-electron chi connectivity index (χ2n) is 6.76. The Morgan fingerprint density at radius 3 is 2.88 bits per heavy atom. The molecule has 7 heteroatoms. The second kappa shape index (κ2) is 5.61. The van der Waals surface area contributed by atoms with Crippen LogP contribution in [0, 0.1) is 5.92 Å². The van der Waals surface area contributed by atoms with Gasteiger partial charge in [0.15, 0.2) is 5.72 Å². The molecule has 0 radical (unpaired) electrons. The molecular weight excluding hydrogens is 320 g/mol. The molecule has 2 aliphatic heterocycles. The summed E-state index contributed by atoms with van der Waals surface area (Å²) in [7, 11) is 0. The number of rotatable bonds is 4. The summed E-state index contributed by atoms with van der Waals surface area (Å²) in [6.07, 6.45) is 4.07. The normalized spacial score (nSPS) is 27.6. The number of primary amides is 1. The van der Waals surface area contributed by atoms with Crippen LogP contribution in [0.4, 0.5) is 0 Å². The molecular formula is C18H20N4O3. The summed E-state index contributed by atoms with van der Waals surface area (Å²) < 4.78 is 7.94. The van der Waals surface area contributed by atoms with E-state index in [0.717, 1.165) is 5.56 Å². The third-order valence-electron chi connectivity index (χ3n) is 5.17. The average molecular weight is 340 g/mol. The van der Waals surface area contributed by atoms with Gasteiger partial charge in [-0.3, -0.25) is 14.3 Å². The molecule has 2 bridgehead atoms. The van der Waals surface area contributed by atoms with Gasteiger partial charge in [0.25, 0.3) is 0 Å². The number of piperidine rings is 1. The number of nitrogens with zero attached hydrogens (tertiary/aromatic N) is 3. The molecule has 0 saturated carbocycles. The number of carbonyl (C=O) groups excluding carboxylic acids is 2. The number of amides is 2. The van der Waals surface area contributed by atoms with Crippen molar-refractivity contribution >= 4 is 11.8 Å². The minimum atomic E-state index is -0.865. The summed E-state index contributed by atoms with van der Waals surface area (Å²) in [5, 5.41) is 4.16. The van der Waals surface area contributed by atoms with Crippen molar-refractivity contribution in [1.82, 2.24) is 14.7 Å². The lowest BCUT2D eigenvalue weighted by molar-refractivity contribution is -0.175. The molecule has 3 heterocycles. The maximum atomic E-state index is 13.1. The number of para-hydroxylation sites is 1. The van der Waals surface area contributed by atoms with Crippen LogP contribution in [0.1, 0.15) is 24.8 Å². The van der Waals surface area contributed by atoms with Crippen LogP contribution in [0.3, 0.4) is 0 Å². The Kier molecular flexibility index (Phi) is 3.52. The molecule has 0 aliphatic carbocycles. The number of hydrogen-bond donors (Lipinski definition) is 1. The first-order valence-corrected chi connectivity index (χ1v) is 8.36. The molecule has 1 saturated heterocycles. The maximum Gasteiger partial charge on any atom is 0.238 e. The van der Waals surface area contributed by atoms with E-state index in [2.05, 4.69) is 5.10 Å². The summed E-state index contributed by atoms with van der Waals surface area (Å²) in [4.78, 5) is 26.8. The van der Waals surface area contributed by atoms with Crippen LogP contribution in [0.15, 0.2) is 42.7 Å². The van der Waals surface area contributed by atoms with Crippen molar-refractivity contribution in [1.29, 1.82) is 0 Å². The molecule has 2 N–H and O–H groups in total. The van der Waals surface area contributed by atoms with Crippen molar-refractivity contribution in [3.8, 4) is 5.75 Å². The minimum absolute atomic E-state index is 0.249. The number of likely N-dealkylation sites (tertiary alicyclic amines) is 1. The van der Waals surface area contributed by atoms with Crippen LogP contribution < -0.4 is 10.5 Å². The van der Waals surface area contributed by atoms with Gasteiger partial charge in [0.1, 0.15) is 11.7 Å². The number of fused-ring (bicyclic) bond motifs is 4. The first-order valence-electron chi connectivity index (χ1n) is 8.36. The van der Waals surface area contributed by atoms with E-state index < -0.39 is 17.6 Å². The fourth-order valence-corrected chi connectivity index (χ4v) is 4.01. The molecule has 2 aliphatic rings. The Labute approximate surface area is 145 Å². The molecule has 130 valence electrons. The first kappa shape index (κ1) is 15.7. The van der Waals surface area contributed by atoms with Crippen molar-refractivity contribution in [3.63, 3.8) is 0 Å². The molecule has 0 unspecified atom stereocenters. The van der Waals surface area contributed by atoms with Gasteiger partial charge in [0.05, 0.1) is 6.54 Å².